The number of ketones is 1. The summed E-state index contributed by atoms with van der Waals surface area (Å²) in [7, 11) is 0. The van der Waals surface area contributed by atoms with Crippen molar-refractivity contribution in [3.63, 3.8) is 0 Å². The topological polar surface area (TPSA) is 54.5 Å². The largest absolute Gasteiger partial charge is 0.295 e. The number of rotatable bonds is 4. The van der Waals surface area contributed by atoms with Crippen molar-refractivity contribution in [1.29, 1.82) is 0 Å². The molecule has 2 amide bonds. The van der Waals surface area contributed by atoms with E-state index in [9.17, 15) is 14.4 Å². The lowest BCUT2D eigenvalue weighted by molar-refractivity contribution is -0.119. The van der Waals surface area contributed by atoms with Crippen molar-refractivity contribution >= 4 is 34.9 Å². The van der Waals surface area contributed by atoms with Gasteiger partial charge in [0.1, 0.15) is 0 Å². The smallest absolute Gasteiger partial charge is 0.258 e. The average Bonchev–Trinajstić information content (AvgIpc) is 2.94. The Labute approximate surface area is 146 Å². The van der Waals surface area contributed by atoms with Gasteiger partial charge in [-0.25, -0.2) is 4.90 Å². The molecule has 25 heavy (non-hydrogen) atoms. The standard InChI is InChI=1S/C21H17NO3/c1-14(12-16-4-3-5-18(13-16)15(2)23)17-6-8-19(9-7-17)22-20(24)10-11-21(22)25/h3-13H,1-2H3. The van der Waals surface area contributed by atoms with E-state index < -0.39 is 0 Å². The third-order valence-corrected chi connectivity index (χ3v) is 4.07. The minimum atomic E-state index is -0.328. The maximum absolute atomic E-state index is 11.7. The van der Waals surface area contributed by atoms with E-state index >= 15 is 0 Å². The Bertz CT molecular complexity index is 902. The molecule has 0 fully saturated rings. The predicted octanol–water partition coefficient (Wildman–Crippen LogP) is 3.88. The van der Waals surface area contributed by atoms with Crippen LogP contribution < -0.4 is 4.90 Å². The van der Waals surface area contributed by atoms with Crippen LogP contribution in [-0.4, -0.2) is 17.6 Å². The molecule has 0 bridgehead atoms. The highest BCUT2D eigenvalue weighted by Gasteiger charge is 2.24. The fraction of sp³-hybridized carbons (Fsp3) is 0.0952. The molecular weight excluding hydrogens is 314 g/mol. The van der Waals surface area contributed by atoms with Crippen LogP contribution in [0, 0.1) is 0 Å². The lowest BCUT2D eigenvalue weighted by Crippen LogP contribution is -2.29. The number of imide groups is 1. The second-order valence-corrected chi connectivity index (χ2v) is 5.90. The van der Waals surface area contributed by atoms with Gasteiger partial charge in [-0.15, -0.1) is 0 Å². The highest BCUT2D eigenvalue weighted by atomic mass is 16.2. The second-order valence-electron chi connectivity index (χ2n) is 5.90. The maximum Gasteiger partial charge on any atom is 0.258 e. The summed E-state index contributed by atoms with van der Waals surface area (Å²) in [5.74, 6) is -0.622. The van der Waals surface area contributed by atoms with Crippen LogP contribution in [0.2, 0.25) is 0 Å². The summed E-state index contributed by atoms with van der Waals surface area (Å²) in [5, 5.41) is 0. The molecule has 0 aromatic heterocycles. The molecule has 4 heteroatoms. The molecule has 1 aliphatic heterocycles. The molecule has 0 N–H and O–H groups in total. The van der Waals surface area contributed by atoms with Crippen LogP contribution in [0.15, 0.2) is 60.7 Å². The van der Waals surface area contributed by atoms with Crippen LogP contribution in [0.3, 0.4) is 0 Å². The number of hydrogen-bond donors (Lipinski definition) is 0. The Kier molecular flexibility index (Phi) is 4.44. The molecule has 4 nitrogen and oxygen atoms in total. The van der Waals surface area contributed by atoms with E-state index in [2.05, 4.69) is 0 Å². The van der Waals surface area contributed by atoms with Crippen LogP contribution in [0.1, 0.15) is 35.3 Å². The first-order chi connectivity index (χ1) is 12.0. The molecule has 1 heterocycles. The lowest BCUT2D eigenvalue weighted by Gasteiger charge is -2.14. The quantitative estimate of drug-likeness (QED) is 0.485. The number of benzene rings is 2. The van der Waals surface area contributed by atoms with Crippen molar-refractivity contribution in [1.82, 2.24) is 0 Å². The Balaban J connectivity index is 1.84. The van der Waals surface area contributed by atoms with Crippen molar-refractivity contribution in [2.24, 2.45) is 0 Å². The molecule has 0 aliphatic carbocycles. The number of hydrogen-bond acceptors (Lipinski definition) is 3. The van der Waals surface area contributed by atoms with Crippen LogP contribution >= 0.6 is 0 Å². The van der Waals surface area contributed by atoms with Gasteiger partial charge in [0.2, 0.25) is 0 Å². The van der Waals surface area contributed by atoms with E-state index in [-0.39, 0.29) is 17.6 Å². The molecule has 0 saturated carbocycles. The SMILES string of the molecule is CC(=O)c1cccc(C=C(C)c2ccc(N3C(=O)C=CC3=O)cc2)c1. The van der Waals surface area contributed by atoms with Crippen LogP contribution in [0.5, 0.6) is 0 Å². The van der Waals surface area contributed by atoms with Crippen LogP contribution in [-0.2, 0) is 9.59 Å². The predicted molar refractivity (Wildman–Crippen MR) is 98.1 cm³/mol. The highest BCUT2D eigenvalue weighted by molar-refractivity contribution is 6.28. The third kappa shape index (κ3) is 3.48. The zero-order valence-electron chi connectivity index (χ0n) is 14.0. The number of nitrogens with zero attached hydrogens (tertiary/aromatic N) is 1. The van der Waals surface area contributed by atoms with Gasteiger partial charge in [-0.3, -0.25) is 14.4 Å². The summed E-state index contributed by atoms with van der Waals surface area (Å²) in [6, 6.07) is 14.7. The van der Waals surface area contributed by atoms with Gasteiger partial charge in [-0.2, -0.15) is 0 Å². The molecule has 0 atom stereocenters. The van der Waals surface area contributed by atoms with E-state index in [1.165, 1.54) is 12.2 Å². The number of allylic oxidation sites excluding steroid dienone is 1. The Morgan fingerprint density at radius 3 is 2.12 bits per heavy atom. The number of amides is 2. The van der Waals surface area contributed by atoms with Crippen LogP contribution in [0.4, 0.5) is 5.69 Å². The molecule has 2 aromatic carbocycles. The molecule has 124 valence electrons. The normalized spacial score (nSPS) is 14.3. The van der Waals surface area contributed by atoms with Crippen molar-refractivity contribution in [2.45, 2.75) is 13.8 Å². The summed E-state index contributed by atoms with van der Waals surface area (Å²) in [6.45, 7) is 3.52. The fourth-order valence-electron chi connectivity index (χ4n) is 2.71. The van der Waals surface area contributed by atoms with E-state index in [0.717, 1.165) is 21.6 Å². The number of carbonyl (C=O) groups is 3. The summed E-state index contributed by atoms with van der Waals surface area (Å²) in [6.07, 6.45) is 4.53. The summed E-state index contributed by atoms with van der Waals surface area (Å²) < 4.78 is 0. The first-order valence-corrected chi connectivity index (χ1v) is 7.91. The molecule has 0 radical (unpaired) electrons. The van der Waals surface area contributed by atoms with Gasteiger partial charge in [0, 0.05) is 17.7 Å². The van der Waals surface area contributed by atoms with Gasteiger partial charge < -0.3 is 0 Å². The monoisotopic (exact) mass is 331 g/mol. The fourth-order valence-corrected chi connectivity index (χ4v) is 2.71. The molecule has 3 rings (SSSR count). The maximum atomic E-state index is 11.7. The number of carbonyl (C=O) groups excluding carboxylic acids is 3. The van der Waals surface area contributed by atoms with Crippen LogP contribution in [0.25, 0.3) is 11.6 Å². The van der Waals surface area contributed by atoms with Gasteiger partial charge in [-0.05, 0) is 48.7 Å². The Hall–Kier alpha value is -3.27. The summed E-state index contributed by atoms with van der Waals surface area (Å²) >= 11 is 0. The van der Waals surface area contributed by atoms with Crippen molar-refractivity contribution in [2.75, 3.05) is 4.90 Å². The van der Waals surface area contributed by atoms with Crippen molar-refractivity contribution in [3.8, 4) is 0 Å². The van der Waals surface area contributed by atoms with E-state index in [4.69, 9.17) is 0 Å². The molecular formula is C21H17NO3. The summed E-state index contributed by atoms with van der Waals surface area (Å²) in [4.78, 5) is 36.0. The van der Waals surface area contributed by atoms with Crippen molar-refractivity contribution in [3.05, 3.63) is 77.4 Å². The highest BCUT2D eigenvalue weighted by Crippen LogP contribution is 2.24. The van der Waals surface area contributed by atoms with Gasteiger partial charge >= 0.3 is 0 Å². The van der Waals surface area contributed by atoms with Gasteiger partial charge in [0.05, 0.1) is 5.69 Å². The minimum absolute atomic E-state index is 0.0332. The Morgan fingerprint density at radius 1 is 0.880 bits per heavy atom. The van der Waals surface area contributed by atoms with Gasteiger partial charge in [-0.1, -0.05) is 36.4 Å². The lowest BCUT2D eigenvalue weighted by atomic mass is 10.0. The average molecular weight is 331 g/mol. The van der Waals surface area contributed by atoms with E-state index in [1.807, 2.05) is 43.3 Å². The minimum Gasteiger partial charge on any atom is -0.295 e. The molecule has 1 aliphatic rings. The zero-order chi connectivity index (χ0) is 18.0. The van der Waals surface area contributed by atoms with Crippen molar-refractivity contribution < 1.29 is 14.4 Å². The third-order valence-electron chi connectivity index (χ3n) is 4.07. The molecule has 2 aromatic rings. The first-order valence-electron chi connectivity index (χ1n) is 7.91. The number of Topliss-reactive ketones (excluding diaryl/α,β-unsaturated/α-hetero) is 1. The zero-order valence-corrected chi connectivity index (χ0v) is 14.0. The molecule has 0 saturated heterocycles. The molecule has 0 spiro atoms. The number of anilines is 1. The Morgan fingerprint density at radius 2 is 1.52 bits per heavy atom. The second kappa shape index (κ2) is 6.69. The van der Waals surface area contributed by atoms with Gasteiger partial charge in [0.15, 0.2) is 5.78 Å². The molecule has 0 unspecified atom stereocenters. The van der Waals surface area contributed by atoms with E-state index in [0.29, 0.717) is 11.3 Å². The summed E-state index contributed by atoms with van der Waals surface area (Å²) in [5.41, 5.74) is 4.17. The first kappa shape index (κ1) is 16.6. The van der Waals surface area contributed by atoms with E-state index in [1.54, 1.807) is 25.1 Å². The van der Waals surface area contributed by atoms with Gasteiger partial charge in [0.25, 0.3) is 11.8 Å².